The van der Waals surface area contributed by atoms with E-state index in [1.807, 2.05) is 17.8 Å². The molecule has 0 aliphatic heterocycles. The van der Waals surface area contributed by atoms with Crippen LogP contribution < -0.4 is 5.32 Å². The lowest BCUT2D eigenvalue weighted by molar-refractivity contribution is 0.521. The van der Waals surface area contributed by atoms with Crippen LogP contribution in [0.5, 0.6) is 0 Å². The predicted molar refractivity (Wildman–Crippen MR) is 64.5 cm³/mol. The molecule has 1 N–H and O–H groups in total. The Morgan fingerprint density at radius 3 is 2.77 bits per heavy atom. The fraction of sp³-hybridized carbons (Fsp3) is 0.818. The first-order valence-corrected chi connectivity index (χ1v) is 6.42. The average Bonchev–Trinajstić information content (AvgIpc) is 2.14. The molecule has 0 aromatic heterocycles. The van der Waals surface area contributed by atoms with Gasteiger partial charge in [0, 0.05) is 11.8 Å². The van der Waals surface area contributed by atoms with Crippen LogP contribution in [-0.4, -0.2) is 24.1 Å². The van der Waals surface area contributed by atoms with Gasteiger partial charge in [-0.1, -0.05) is 19.9 Å². The van der Waals surface area contributed by atoms with Gasteiger partial charge in [-0.3, -0.25) is 0 Å². The van der Waals surface area contributed by atoms with Gasteiger partial charge in [-0.05, 0) is 31.6 Å². The SMILES string of the molecule is C=CCCCC(CSCC)NCC. The molecule has 1 unspecified atom stereocenters. The maximum atomic E-state index is 3.74. The van der Waals surface area contributed by atoms with Crippen molar-refractivity contribution in [3.8, 4) is 0 Å². The van der Waals surface area contributed by atoms with Crippen LogP contribution in [-0.2, 0) is 0 Å². The maximum Gasteiger partial charge on any atom is 0.0158 e. The summed E-state index contributed by atoms with van der Waals surface area (Å²) in [4.78, 5) is 0. The first-order valence-electron chi connectivity index (χ1n) is 5.27. The van der Waals surface area contributed by atoms with Gasteiger partial charge in [0.1, 0.15) is 0 Å². The molecule has 2 heteroatoms. The summed E-state index contributed by atoms with van der Waals surface area (Å²) in [6, 6.07) is 0.704. The van der Waals surface area contributed by atoms with Crippen LogP contribution in [0.1, 0.15) is 33.1 Å². The van der Waals surface area contributed by atoms with Gasteiger partial charge < -0.3 is 5.32 Å². The third kappa shape index (κ3) is 8.38. The van der Waals surface area contributed by atoms with E-state index >= 15 is 0 Å². The molecule has 0 aromatic rings. The molecule has 0 aliphatic carbocycles. The summed E-state index contributed by atoms with van der Waals surface area (Å²) in [5.74, 6) is 2.48. The van der Waals surface area contributed by atoms with Gasteiger partial charge in [0.15, 0.2) is 0 Å². The topological polar surface area (TPSA) is 12.0 Å². The minimum Gasteiger partial charge on any atom is -0.313 e. The first kappa shape index (κ1) is 13.1. The molecule has 0 heterocycles. The number of rotatable bonds is 9. The smallest absolute Gasteiger partial charge is 0.0158 e. The quantitative estimate of drug-likeness (QED) is 0.454. The van der Waals surface area contributed by atoms with E-state index in [4.69, 9.17) is 0 Å². The van der Waals surface area contributed by atoms with Gasteiger partial charge in [-0.2, -0.15) is 11.8 Å². The van der Waals surface area contributed by atoms with Crippen molar-refractivity contribution < 1.29 is 0 Å². The molecule has 0 aliphatic rings. The van der Waals surface area contributed by atoms with Crippen LogP contribution in [0.15, 0.2) is 12.7 Å². The van der Waals surface area contributed by atoms with Crippen molar-refractivity contribution in [2.75, 3.05) is 18.1 Å². The summed E-state index contributed by atoms with van der Waals surface area (Å²) in [5, 5.41) is 3.52. The highest BCUT2D eigenvalue weighted by atomic mass is 32.2. The van der Waals surface area contributed by atoms with Crippen LogP contribution in [0.2, 0.25) is 0 Å². The number of unbranched alkanes of at least 4 members (excludes halogenated alkanes) is 1. The molecule has 0 radical (unpaired) electrons. The lowest BCUT2D eigenvalue weighted by Gasteiger charge is -2.16. The zero-order valence-corrected chi connectivity index (χ0v) is 9.83. The van der Waals surface area contributed by atoms with Gasteiger partial charge in [0.25, 0.3) is 0 Å². The van der Waals surface area contributed by atoms with Gasteiger partial charge in [0.2, 0.25) is 0 Å². The van der Waals surface area contributed by atoms with Crippen molar-refractivity contribution in [2.45, 2.75) is 39.2 Å². The molecule has 0 bridgehead atoms. The maximum absolute atomic E-state index is 3.74. The van der Waals surface area contributed by atoms with Crippen LogP contribution in [0.3, 0.4) is 0 Å². The predicted octanol–water partition coefficient (Wildman–Crippen LogP) is 3.07. The zero-order valence-electron chi connectivity index (χ0n) is 9.01. The highest BCUT2D eigenvalue weighted by Crippen LogP contribution is 2.08. The Kier molecular flexibility index (Phi) is 10.2. The summed E-state index contributed by atoms with van der Waals surface area (Å²) in [7, 11) is 0. The molecule has 1 atom stereocenters. The van der Waals surface area contributed by atoms with E-state index < -0.39 is 0 Å². The van der Waals surface area contributed by atoms with Crippen LogP contribution >= 0.6 is 11.8 Å². The number of thioether (sulfide) groups is 1. The van der Waals surface area contributed by atoms with E-state index in [1.165, 1.54) is 24.3 Å². The second kappa shape index (κ2) is 10.1. The van der Waals surface area contributed by atoms with Crippen molar-refractivity contribution in [3.05, 3.63) is 12.7 Å². The molecule has 0 saturated heterocycles. The summed E-state index contributed by atoms with van der Waals surface area (Å²) in [6.07, 6.45) is 5.72. The molecule has 1 nitrogen and oxygen atoms in total. The van der Waals surface area contributed by atoms with Gasteiger partial charge in [-0.15, -0.1) is 6.58 Å². The fourth-order valence-electron chi connectivity index (χ4n) is 1.30. The van der Waals surface area contributed by atoms with Crippen molar-refractivity contribution in [3.63, 3.8) is 0 Å². The molecule has 0 fully saturated rings. The van der Waals surface area contributed by atoms with Crippen molar-refractivity contribution in [1.82, 2.24) is 5.32 Å². The minimum atomic E-state index is 0.704. The molecule has 0 amide bonds. The third-order valence-corrected chi connectivity index (χ3v) is 3.02. The highest BCUT2D eigenvalue weighted by Gasteiger charge is 2.05. The van der Waals surface area contributed by atoms with Gasteiger partial charge in [0.05, 0.1) is 0 Å². The molecular formula is C11H23NS. The fourth-order valence-corrected chi connectivity index (χ4v) is 2.11. The Balaban J connectivity index is 3.46. The molecule has 0 spiro atoms. The van der Waals surface area contributed by atoms with Crippen molar-refractivity contribution in [1.29, 1.82) is 0 Å². The molecule has 0 saturated carbocycles. The van der Waals surface area contributed by atoms with Crippen molar-refractivity contribution in [2.24, 2.45) is 0 Å². The number of hydrogen-bond acceptors (Lipinski definition) is 2. The Bertz CT molecular complexity index is 115. The number of allylic oxidation sites excluding steroid dienone is 1. The first-order chi connectivity index (χ1) is 6.35. The van der Waals surface area contributed by atoms with E-state index in [9.17, 15) is 0 Å². The van der Waals surface area contributed by atoms with E-state index in [0.29, 0.717) is 6.04 Å². The largest absolute Gasteiger partial charge is 0.313 e. The van der Waals surface area contributed by atoms with Gasteiger partial charge in [-0.25, -0.2) is 0 Å². The van der Waals surface area contributed by atoms with Crippen LogP contribution in [0.25, 0.3) is 0 Å². The zero-order chi connectivity index (χ0) is 9.94. The standard InChI is InChI=1S/C11H23NS/c1-4-7-8-9-11(12-5-2)10-13-6-3/h4,11-12H,1,5-10H2,2-3H3. The average molecular weight is 201 g/mol. The Morgan fingerprint density at radius 1 is 1.46 bits per heavy atom. The normalized spacial score (nSPS) is 12.8. The Hall–Kier alpha value is 0.0500. The monoisotopic (exact) mass is 201 g/mol. The molecule has 0 aromatic carbocycles. The number of nitrogens with one attached hydrogen (secondary N) is 1. The van der Waals surface area contributed by atoms with Crippen LogP contribution in [0, 0.1) is 0 Å². The summed E-state index contributed by atoms with van der Waals surface area (Å²) >= 11 is 2.03. The molecular weight excluding hydrogens is 178 g/mol. The second-order valence-electron chi connectivity index (χ2n) is 3.13. The highest BCUT2D eigenvalue weighted by molar-refractivity contribution is 7.99. The lowest BCUT2D eigenvalue weighted by Crippen LogP contribution is -2.31. The van der Waals surface area contributed by atoms with E-state index in [1.54, 1.807) is 0 Å². The molecule has 0 rings (SSSR count). The lowest BCUT2D eigenvalue weighted by atomic mass is 10.1. The summed E-state index contributed by atoms with van der Waals surface area (Å²) < 4.78 is 0. The molecule has 13 heavy (non-hydrogen) atoms. The minimum absolute atomic E-state index is 0.704. The van der Waals surface area contributed by atoms with E-state index in [0.717, 1.165) is 13.0 Å². The van der Waals surface area contributed by atoms with Crippen LogP contribution in [0.4, 0.5) is 0 Å². The Labute approximate surface area is 87.4 Å². The Morgan fingerprint density at radius 2 is 2.23 bits per heavy atom. The summed E-state index contributed by atoms with van der Waals surface area (Å²) in [6.45, 7) is 9.22. The van der Waals surface area contributed by atoms with E-state index in [2.05, 4.69) is 25.7 Å². The third-order valence-electron chi connectivity index (χ3n) is 1.98. The van der Waals surface area contributed by atoms with Gasteiger partial charge >= 0.3 is 0 Å². The van der Waals surface area contributed by atoms with Crippen molar-refractivity contribution >= 4 is 11.8 Å². The second-order valence-corrected chi connectivity index (χ2v) is 4.45. The molecule has 78 valence electrons. The van der Waals surface area contributed by atoms with E-state index in [-0.39, 0.29) is 0 Å². The summed E-state index contributed by atoms with van der Waals surface area (Å²) in [5.41, 5.74) is 0. The number of hydrogen-bond donors (Lipinski definition) is 1.